The van der Waals surface area contributed by atoms with E-state index in [1.54, 1.807) is 0 Å². The monoisotopic (exact) mass is 287 g/mol. The second-order valence-corrected chi connectivity index (χ2v) is 5.26. The van der Waals surface area contributed by atoms with Crippen LogP contribution in [0.2, 0.25) is 0 Å². The third-order valence-electron chi connectivity index (χ3n) is 3.92. The Morgan fingerprint density at radius 2 is 2.14 bits per heavy atom. The van der Waals surface area contributed by atoms with E-state index in [1.807, 2.05) is 6.07 Å². The van der Waals surface area contributed by atoms with Crippen LogP contribution in [0.4, 0.5) is 0 Å². The Bertz CT molecular complexity index is 622. The smallest absolute Gasteiger partial charge is 0.248 e. The van der Waals surface area contributed by atoms with Crippen molar-refractivity contribution in [2.45, 2.75) is 18.6 Å². The molecule has 1 N–H and O–H groups in total. The highest BCUT2D eigenvalue weighted by Gasteiger charge is 2.28. The lowest BCUT2D eigenvalue weighted by atomic mass is 9.94. The minimum absolute atomic E-state index is 0.0410. The molecule has 6 nitrogen and oxygen atoms in total. The summed E-state index contributed by atoms with van der Waals surface area (Å²) in [5.41, 5.74) is 2.54. The van der Waals surface area contributed by atoms with Gasteiger partial charge in [0.1, 0.15) is 12.1 Å². The predicted octanol–water partition coefficient (Wildman–Crippen LogP) is 1.39. The molecule has 3 heterocycles. The molecule has 0 amide bonds. The fourth-order valence-corrected chi connectivity index (χ4v) is 2.86. The minimum Gasteiger partial charge on any atom is -0.376 e. The lowest BCUT2D eigenvalue weighted by molar-refractivity contribution is -0.0941. The lowest BCUT2D eigenvalue weighted by Gasteiger charge is -2.24. The molecular formula is C15H17N3O3. The first kappa shape index (κ1) is 12.9. The highest BCUT2D eigenvalue weighted by molar-refractivity contribution is 5.35. The van der Waals surface area contributed by atoms with Crippen molar-refractivity contribution in [1.29, 1.82) is 0 Å². The summed E-state index contributed by atoms with van der Waals surface area (Å²) in [5, 5.41) is 7.50. The van der Waals surface area contributed by atoms with Crippen molar-refractivity contribution in [1.82, 2.24) is 15.5 Å². The fourth-order valence-electron chi connectivity index (χ4n) is 2.86. The average molecular weight is 287 g/mol. The Labute approximate surface area is 122 Å². The van der Waals surface area contributed by atoms with E-state index in [4.69, 9.17) is 14.0 Å². The van der Waals surface area contributed by atoms with Gasteiger partial charge in [-0.3, -0.25) is 0 Å². The first-order valence-corrected chi connectivity index (χ1v) is 7.26. The summed E-state index contributed by atoms with van der Waals surface area (Å²) in [6.45, 7) is 2.58. The quantitative estimate of drug-likeness (QED) is 0.900. The largest absolute Gasteiger partial charge is 0.376 e. The maximum absolute atomic E-state index is 5.60. The molecule has 21 heavy (non-hydrogen) atoms. The van der Waals surface area contributed by atoms with Gasteiger partial charge in [-0.05, 0) is 17.5 Å². The van der Waals surface area contributed by atoms with E-state index in [1.165, 1.54) is 11.1 Å². The zero-order valence-electron chi connectivity index (χ0n) is 11.6. The minimum atomic E-state index is -0.227. The van der Waals surface area contributed by atoms with Gasteiger partial charge in [-0.15, -0.1) is 0 Å². The van der Waals surface area contributed by atoms with Crippen molar-refractivity contribution < 1.29 is 14.0 Å². The number of aromatic nitrogens is 2. The summed E-state index contributed by atoms with van der Waals surface area (Å²) >= 11 is 0. The number of benzene rings is 1. The van der Waals surface area contributed by atoms with Gasteiger partial charge in [0.05, 0.1) is 19.8 Å². The van der Waals surface area contributed by atoms with E-state index in [0.717, 1.165) is 13.0 Å². The standard InChI is InChI=1S/C15H17N3O3/c1-2-4-11-10(3-1)5-6-16-13(11)15-17-14(18-21-15)12-9-19-7-8-20-12/h1-4,12-13,16H,5-9H2. The Kier molecular flexibility index (Phi) is 3.42. The molecule has 1 aromatic carbocycles. The van der Waals surface area contributed by atoms with Crippen LogP contribution in [0.3, 0.4) is 0 Å². The van der Waals surface area contributed by atoms with Crippen molar-refractivity contribution >= 4 is 0 Å². The number of hydrogen-bond donors (Lipinski definition) is 1. The molecule has 1 fully saturated rings. The van der Waals surface area contributed by atoms with Crippen molar-refractivity contribution in [3.8, 4) is 0 Å². The summed E-state index contributed by atoms with van der Waals surface area (Å²) in [7, 11) is 0. The molecule has 2 aliphatic heterocycles. The Hall–Kier alpha value is -1.76. The van der Waals surface area contributed by atoms with E-state index < -0.39 is 0 Å². The highest BCUT2D eigenvalue weighted by atomic mass is 16.6. The van der Waals surface area contributed by atoms with E-state index in [2.05, 4.69) is 33.7 Å². The zero-order chi connectivity index (χ0) is 14.1. The molecule has 2 unspecified atom stereocenters. The maximum Gasteiger partial charge on any atom is 0.248 e. The zero-order valence-corrected chi connectivity index (χ0v) is 11.6. The van der Waals surface area contributed by atoms with Crippen LogP contribution in [0.5, 0.6) is 0 Å². The van der Waals surface area contributed by atoms with Crippen LogP contribution in [0.15, 0.2) is 28.8 Å². The molecule has 6 heteroatoms. The molecule has 0 radical (unpaired) electrons. The number of nitrogens with one attached hydrogen (secondary N) is 1. The molecule has 0 saturated carbocycles. The van der Waals surface area contributed by atoms with Crippen LogP contribution in [0.1, 0.15) is 35.0 Å². The summed E-state index contributed by atoms with van der Waals surface area (Å²) < 4.78 is 16.4. The van der Waals surface area contributed by atoms with Crippen LogP contribution >= 0.6 is 0 Å². The number of hydrogen-bond acceptors (Lipinski definition) is 6. The van der Waals surface area contributed by atoms with Gasteiger partial charge in [0, 0.05) is 6.54 Å². The van der Waals surface area contributed by atoms with E-state index in [-0.39, 0.29) is 12.1 Å². The molecule has 2 aliphatic rings. The van der Waals surface area contributed by atoms with Crippen molar-refractivity contribution in [2.75, 3.05) is 26.4 Å². The topological polar surface area (TPSA) is 69.4 Å². The Morgan fingerprint density at radius 3 is 3.05 bits per heavy atom. The molecule has 0 aliphatic carbocycles. The van der Waals surface area contributed by atoms with Gasteiger partial charge in [-0.25, -0.2) is 0 Å². The van der Waals surface area contributed by atoms with E-state index in [9.17, 15) is 0 Å². The molecule has 0 bridgehead atoms. The summed E-state index contributed by atoms with van der Waals surface area (Å²) in [5.74, 6) is 1.15. The Balaban J connectivity index is 1.61. The fraction of sp³-hybridized carbons (Fsp3) is 0.467. The molecular weight excluding hydrogens is 270 g/mol. The summed E-state index contributed by atoms with van der Waals surface area (Å²) in [6.07, 6.45) is 0.794. The average Bonchev–Trinajstić information content (AvgIpc) is 3.05. The van der Waals surface area contributed by atoms with Gasteiger partial charge >= 0.3 is 0 Å². The van der Waals surface area contributed by atoms with Crippen LogP contribution in [-0.2, 0) is 15.9 Å². The Morgan fingerprint density at radius 1 is 1.19 bits per heavy atom. The summed E-state index contributed by atoms with van der Waals surface area (Å²) in [6, 6.07) is 8.32. The van der Waals surface area contributed by atoms with Gasteiger partial charge in [0.15, 0.2) is 0 Å². The third-order valence-corrected chi connectivity index (χ3v) is 3.92. The number of nitrogens with zero attached hydrogens (tertiary/aromatic N) is 2. The van der Waals surface area contributed by atoms with Gasteiger partial charge in [-0.2, -0.15) is 4.98 Å². The molecule has 1 saturated heterocycles. The van der Waals surface area contributed by atoms with Gasteiger partial charge in [0.25, 0.3) is 0 Å². The van der Waals surface area contributed by atoms with Crippen molar-refractivity contribution in [3.63, 3.8) is 0 Å². The SMILES string of the molecule is c1ccc2c(c1)CCNC2c1nc(C2COCCO2)no1. The maximum atomic E-state index is 5.60. The normalized spacial score (nSPS) is 25.5. The van der Waals surface area contributed by atoms with Gasteiger partial charge < -0.3 is 19.3 Å². The molecule has 4 rings (SSSR count). The predicted molar refractivity (Wildman–Crippen MR) is 73.8 cm³/mol. The molecule has 1 aromatic heterocycles. The van der Waals surface area contributed by atoms with Crippen LogP contribution in [-0.4, -0.2) is 36.5 Å². The van der Waals surface area contributed by atoms with Gasteiger partial charge in [-0.1, -0.05) is 29.4 Å². The van der Waals surface area contributed by atoms with Crippen LogP contribution in [0, 0.1) is 0 Å². The lowest BCUT2D eigenvalue weighted by Crippen LogP contribution is -2.30. The summed E-state index contributed by atoms with van der Waals surface area (Å²) in [4.78, 5) is 4.51. The molecule has 2 aromatic rings. The first-order valence-electron chi connectivity index (χ1n) is 7.26. The highest BCUT2D eigenvalue weighted by Crippen LogP contribution is 2.28. The van der Waals surface area contributed by atoms with Crippen molar-refractivity contribution in [3.05, 3.63) is 47.1 Å². The first-order chi connectivity index (χ1) is 10.4. The molecule has 110 valence electrons. The van der Waals surface area contributed by atoms with Crippen LogP contribution < -0.4 is 5.32 Å². The van der Waals surface area contributed by atoms with E-state index in [0.29, 0.717) is 31.5 Å². The van der Waals surface area contributed by atoms with E-state index >= 15 is 0 Å². The van der Waals surface area contributed by atoms with Crippen LogP contribution in [0.25, 0.3) is 0 Å². The second-order valence-electron chi connectivity index (χ2n) is 5.26. The number of rotatable bonds is 2. The third kappa shape index (κ3) is 2.46. The molecule has 0 spiro atoms. The molecule has 2 atom stereocenters. The number of ether oxygens (including phenoxy) is 2. The van der Waals surface area contributed by atoms with Crippen molar-refractivity contribution in [2.24, 2.45) is 0 Å². The second kappa shape index (κ2) is 5.55. The van der Waals surface area contributed by atoms with Gasteiger partial charge in [0.2, 0.25) is 11.7 Å². The number of fused-ring (bicyclic) bond motifs is 1.